The second-order valence-corrected chi connectivity index (χ2v) is 4.67. The third-order valence-electron chi connectivity index (χ3n) is 2.80. The highest BCUT2D eigenvalue weighted by molar-refractivity contribution is 5.95. The largest absolute Gasteiger partial charge is 0.394 e. The average Bonchev–Trinajstić information content (AvgIpc) is 2.45. The van der Waals surface area contributed by atoms with E-state index in [2.05, 4.69) is 5.32 Å². The zero-order chi connectivity index (χ0) is 16.0. The highest BCUT2D eigenvalue weighted by atomic mass is 16.6. The minimum atomic E-state index is -0.573. The second kappa shape index (κ2) is 7.55. The molecule has 0 bridgehead atoms. The summed E-state index contributed by atoms with van der Waals surface area (Å²) in [5.74, 6) is -0.319. The molecule has 0 heterocycles. The molecule has 1 unspecified atom stereocenters. The number of rotatable bonds is 7. The van der Waals surface area contributed by atoms with Crippen LogP contribution in [0.4, 0.5) is 11.4 Å². The smallest absolute Gasteiger partial charge is 0.293 e. The minimum absolute atomic E-state index is 0.200. The van der Waals surface area contributed by atoms with Crippen molar-refractivity contribution in [3.8, 4) is 0 Å². The maximum atomic E-state index is 11.8. The molecule has 1 atom stereocenters. The van der Waals surface area contributed by atoms with Gasteiger partial charge in [-0.2, -0.15) is 0 Å². The number of carbonyl (C=O) groups is 1. The Balaban J connectivity index is 3.10. The molecule has 0 radical (unpaired) electrons. The van der Waals surface area contributed by atoms with E-state index in [0.29, 0.717) is 0 Å². The van der Waals surface area contributed by atoms with Gasteiger partial charge in [-0.3, -0.25) is 14.9 Å². The molecule has 1 amide bonds. The summed E-state index contributed by atoms with van der Waals surface area (Å²) in [4.78, 5) is 23.7. The number of benzene rings is 1. The number of nitro groups is 1. The number of ether oxygens (including phenoxy) is 1. The summed E-state index contributed by atoms with van der Waals surface area (Å²) in [5, 5.41) is 23.2. The number of hydrogen-bond acceptors (Lipinski definition) is 6. The van der Waals surface area contributed by atoms with Crippen LogP contribution >= 0.6 is 0 Å². The first kappa shape index (κ1) is 16.9. The second-order valence-electron chi connectivity index (χ2n) is 4.67. The van der Waals surface area contributed by atoms with Crippen LogP contribution in [0.2, 0.25) is 0 Å². The van der Waals surface area contributed by atoms with Crippen LogP contribution in [0.15, 0.2) is 18.2 Å². The van der Waals surface area contributed by atoms with Gasteiger partial charge < -0.3 is 20.1 Å². The van der Waals surface area contributed by atoms with Gasteiger partial charge in [-0.05, 0) is 12.1 Å². The van der Waals surface area contributed by atoms with Crippen molar-refractivity contribution in [3.63, 3.8) is 0 Å². The number of hydrogen-bond donors (Lipinski definition) is 2. The molecule has 8 nitrogen and oxygen atoms in total. The number of nitrogens with one attached hydrogen (secondary N) is 1. The molecule has 0 aliphatic carbocycles. The Hall–Kier alpha value is -2.19. The van der Waals surface area contributed by atoms with Crippen molar-refractivity contribution in [2.45, 2.75) is 6.04 Å². The predicted molar refractivity (Wildman–Crippen MR) is 77.5 cm³/mol. The quantitative estimate of drug-likeness (QED) is 0.567. The molecule has 0 aliphatic rings. The van der Waals surface area contributed by atoms with Crippen LogP contribution < -0.4 is 5.32 Å². The summed E-state index contributed by atoms with van der Waals surface area (Å²) in [6, 6.07) is 3.70. The van der Waals surface area contributed by atoms with Gasteiger partial charge in [0.2, 0.25) is 0 Å². The molecule has 1 aromatic carbocycles. The van der Waals surface area contributed by atoms with E-state index in [0.717, 1.165) is 0 Å². The lowest BCUT2D eigenvalue weighted by Crippen LogP contribution is -2.29. The monoisotopic (exact) mass is 297 g/mol. The summed E-state index contributed by atoms with van der Waals surface area (Å²) in [7, 11) is 4.61. The first-order valence-electron chi connectivity index (χ1n) is 6.27. The molecule has 0 spiro atoms. The van der Waals surface area contributed by atoms with Crippen molar-refractivity contribution >= 4 is 17.3 Å². The zero-order valence-corrected chi connectivity index (χ0v) is 12.2. The van der Waals surface area contributed by atoms with E-state index in [9.17, 15) is 20.0 Å². The van der Waals surface area contributed by atoms with Gasteiger partial charge >= 0.3 is 0 Å². The van der Waals surface area contributed by atoms with Crippen LogP contribution in [-0.4, -0.2) is 61.3 Å². The number of amides is 1. The molecule has 1 aromatic rings. The minimum Gasteiger partial charge on any atom is -0.394 e. The highest BCUT2D eigenvalue weighted by Gasteiger charge is 2.20. The van der Waals surface area contributed by atoms with Gasteiger partial charge in [-0.25, -0.2) is 0 Å². The fourth-order valence-corrected chi connectivity index (χ4v) is 1.76. The van der Waals surface area contributed by atoms with Crippen LogP contribution in [0.5, 0.6) is 0 Å². The molecule has 0 aliphatic heterocycles. The summed E-state index contributed by atoms with van der Waals surface area (Å²) in [5.41, 5.74) is 0.230. The number of aliphatic hydroxyl groups excluding tert-OH is 1. The van der Waals surface area contributed by atoms with Crippen molar-refractivity contribution < 1.29 is 19.6 Å². The third-order valence-corrected chi connectivity index (χ3v) is 2.80. The molecule has 0 saturated carbocycles. The molecule has 2 N–H and O–H groups in total. The number of nitrogens with zero attached hydrogens (tertiary/aromatic N) is 2. The number of carbonyl (C=O) groups excluding carboxylic acids is 1. The lowest BCUT2D eigenvalue weighted by Gasteiger charge is -2.17. The van der Waals surface area contributed by atoms with Crippen molar-refractivity contribution in [3.05, 3.63) is 33.9 Å². The molecular formula is C13H19N3O5. The Morgan fingerprint density at radius 3 is 2.67 bits per heavy atom. The average molecular weight is 297 g/mol. The van der Waals surface area contributed by atoms with Crippen LogP contribution in [0.3, 0.4) is 0 Å². The lowest BCUT2D eigenvalue weighted by molar-refractivity contribution is -0.384. The van der Waals surface area contributed by atoms with E-state index in [1.807, 2.05) is 0 Å². The Morgan fingerprint density at radius 2 is 2.19 bits per heavy atom. The topological polar surface area (TPSA) is 105 Å². The van der Waals surface area contributed by atoms with Gasteiger partial charge in [0.15, 0.2) is 0 Å². The Labute approximate surface area is 122 Å². The van der Waals surface area contributed by atoms with Crippen molar-refractivity contribution in [2.24, 2.45) is 0 Å². The Bertz CT molecular complexity index is 519. The summed E-state index contributed by atoms with van der Waals surface area (Å²) in [6.45, 7) is -0.0323. The van der Waals surface area contributed by atoms with Gasteiger partial charge in [-0.15, -0.1) is 0 Å². The van der Waals surface area contributed by atoms with E-state index in [4.69, 9.17) is 4.74 Å². The van der Waals surface area contributed by atoms with E-state index in [1.165, 1.54) is 30.2 Å². The van der Waals surface area contributed by atoms with Gasteiger partial charge in [-0.1, -0.05) is 0 Å². The maximum Gasteiger partial charge on any atom is 0.293 e. The lowest BCUT2D eigenvalue weighted by atomic mass is 10.1. The van der Waals surface area contributed by atoms with E-state index < -0.39 is 11.0 Å². The Morgan fingerprint density at radius 1 is 1.52 bits per heavy atom. The summed E-state index contributed by atoms with van der Waals surface area (Å²) < 4.78 is 4.91. The first-order chi connectivity index (χ1) is 9.90. The standard InChI is InChI=1S/C13H19N3O5/c1-15(2)13(18)9-4-5-11(12(6-9)16(19)20)14-10(7-17)8-21-3/h4-6,10,14,17H,7-8H2,1-3H3. The number of anilines is 1. The highest BCUT2D eigenvalue weighted by Crippen LogP contribution is 2.26. The zero-order valence-electron chi connectivity index (χ0n) is 12.2. The maximum absolute atomic E-state index is 11.8. The van der Waals surface area contributed by atoms with Crippen LogP contribution in [0.1, 0.15) is 10.4 Å². The molecule has 0 aromatic heterocycles. The molecule has 1 rings (SSSR count). The fraction of sp³-hybridized carbons (Fsp3) is 0.462. The van der Waals surface area contributed by atoms with Gasteiger partial charge in [0, 0.05) is 32.8 Å². The number of aliphatic hydroxyl groups is 1. The first-order valence-corrected chi connectivity index (χ1v) is 6.27. The molecule has 8 heteroatoms. The van der Waals surface area contributed by atoms with E-state index in [-0.39, 0.29) is 36.1 Å². The molecular weight excluding hydrogens is 278 g/mol. The van der Waals surface area contributed by atoms with Gasteiger partial charge in [0.1, 0.15) is 5.69 Å². The summed E-state index contributed by atoms with van der Waals surface area (Å²) in [6.07, 6.45) is 0. The number of methoxy groups -OCH3 is 1. The predicted octanol–water partition coefficient (Wildman–Crippen LogP) is 0.716. The van der Waals surface area contributed by atoms with Crippen molar-refractivity contribution in [1.82, 2.24) is 4.90 Å². The van der Waals surface area contributed by atoms with Crippen LogP contribution in [0, 0.1) is 10.1 Å². The van der Waals surface area contributed by atoms with E-state index >= 15 is 0 Å². The van der Waals surface area contributed by atoms with Gasteiger partial charge in [0.25, 0.3) is 11.6 Å². The SMILES string of the molecule is COCC(CO)Nc1ccc(C(=O)N(C)C)cc1[N+](=O)[O-]. The molecule has 116 valence electrons. The van der Waals surface area contributed by atoms with Crippen LogP contribution in [0.25, 0.3) is 0 Å². The van der Waals surface area contributed by atoms with E-state index in [1.54, 1.807) is 14.1 Å². The summed E-state index contributed by atoms with van der Waals surface area (Å²) >= 11 is 0. The molecule has 21 heavy (non-hydrogen) atoms. The van der Waals surface area contributed by atoms with Crippen molar-refractivity contribution in [2.75, 3.05) is 39.7 Å². The third kappa shape index (κ3) is 4.40. The number of nitro benzene ring substituents is 1. The molecule has 0 saturated heterocycles. The fourth-order valence-electron chi connectivity index (χ4n) is 1.76. The van der Waals surface area contributed by atoms with Gasteiger partial charge in [0.05, 0.1) is 24.2 Å². The Kier molecular flexibility index (Phi) is 6.07. The van der Waals surface area contributed by atoms with Crippen LogP contribution in [-0.2, 0) is 4.74 Å². The van der Waals surface area contributed by atoms with Crippen molar-refractivity contribution in [1.29, 1.82) is 0 Å². The normalized spacial score (nSPS) is 11.8. The molecule has 0 fully saturated rings.